The van der Waals surface area contributed by atoms with Gasteiger partial charge in [-0.05, 0) is 49.6 Å². The molecule has 0 N–H and O–H groups in total. The number of carbonyl (C=O) groups is 2. The fourth-order valence-corrected chi connectivity index (χ4v) is 3.42. The van der Waals surface area contributed by atoms with Gasteiger partial charge in [0.1, 0.15) is 11.7 Å². The molecule has 1 unspecified atom stereocenters. The van der Waals surface area contributed by atoms with Crippen LogP contribution >= 0.6 is 0 Å². The van der Waals surface area contributed by atoms with Gasteiger partial charge in [0.05, 0.1) is 4.92 Å². The van der Waals surface area contributed by atoms with Crippen LogP contribution in [0.15, 0.2) is 54.4 Å². The second-order valence-electron chi connectivity index (χ2n) is 7.23. The Hall–Kier alpha value is -3.39. The highest BCUT2D eigenvalue weighted by molar-refractivity contribution is 6.19. The van der Waals surface area contributed by atoms with Crippen molar-refractivity contribution >= 4 is 23.5 Å². The molecule has 1 saturated heterocycles. The van der Waals surface area contributed by atoms with Gasteiger partial charge in [0, 0.05) is 37.6 Å². The molecule has 3 rings (SSSR count). The lowest BCUT2D eigenvalue weighted by Gasteiger charge is -2.32. The Balaban J connectivity index is 1.68. The fraction of sp³-hybridized carbons (Fsp3) is 0.318. The standard InChI is InChI=1S/C22H23N3O5/c1-16(26)21(12-17-5-2-7-19(11-17)25(28)29)22(27)30-20-8-4-10-24(15-20)14-18-6-3-9-23-13-18/h2-3,5-7,9,11-13,20H,4,8,10,14-15H2,1H3/b21-12+. The Bertz CT molecular complexity index is 958. The summed E-state index contributed by atoms with van der Waals surface area (Å²) in [4.78, 5) is 41.4. The average molecular weight is 409 g/mol. The topological polar surface area (TPSA) is 103 Å². The Morgan fingerprint density at radius 3 is 2.87 bits per heavy atom. The Morgan fingerprint density at radius 1 is 1.33 bits per heavy atom. The maximum absolute atomic E-state index is 12.7. The Morgan fingerprint density at radius 2 is 2.17 bits per heavy atom. The zero-order chi connectivity index (χ0) is 21.5. The number of ketones is 1. The van der Waals surface area contributed by atoms with Crippen molar-refractivity contribution in [2.75, 3.05) is 13.1 Å². The zero-order valence-electron chi connectivity index (χ0n) is 16.7. The van der Waals surface area contributed by atoms with Crippen molar-refractivity contribution in [1.29, 1.82) is 0 Å². The van der Waals surface area contributed by atoms with Crippen LogP contribution in [0.4, 0.5) is 5.69 Å². The zero-order valence-corrected chi connectivity index (χ0v) is 16.7. The number of rotatable bonds is 7. The number of esters is 1. The molecule has 1 fully saturated rings. The van der Waals surface area contributed by atoms with Crippen LogP contribution in [0.3, 0.4) is 0 Å². The van der Waals surface area contributed by atoms with Crippen LogP contribution in [0.2, 0.25) is 0 Å². The summed E-state index contributed by atoms with van der Waals surface area (Å²) in [5.41, 5.74) is 1.24. The summed E-state index contributed by atoms with van der Waals surface area (Å²) < 4.78 is 5.61. The molecule has 2 aromatic rings. The Kier molecular flexibility index (Phi) is 7.03. The molecule has 0 aliphatic carbocycles. The van der Waals surface area contributed by atoms with Crippen molar-refractivity contribution in [2.45, 2.75) is 32.4 Å². The van der Waals surface area contributed by atoms with Gasteiger partial charge in [-0.25, -0.2) is 4.79 Å². The minimum Gasteiger partial charge on any atom is -0.457 e. The summed E-state index contributed by atoms with van der Waals surface area (Å²) in [5, 5.41) is 10.9. The smallest absolute Gasteiger partial charge is 0.342 e. The Labute approximate surface area is 174 Å². The second kappa shape index (κ2) is 9.89. The van der Waals surface area contributed by atoms with E-state index in [4.69, 9.17) is 4.74 Å². The number of hydrogen-bond acceptors (Lipinski definition) is 7. The molecule has 0 saturated carbocycles. The van der Waals surface area contributed by atoms with E-state index >= 15 is 0 Å². The molecule has 8 heteroatoms. The largest absolute Gasteiger partial charge is 0.457 e. The minimum atomic E-state index is -0.706. The summed E-state index contributed by atoms with van der Waals surface area (Å²) >= 11 is 0. The number of pyridine rings is 1. The van der Waals surface area contributed by atoms with Crippen LogP contribution in [-0.4, -0.2) is 45.8 Å². The normalized spacial score (nSPS) is 17.4. The number of benzene rings is 1. The van der Waals surface area contributed by atoms with Crippen molar-refractivity contribution < 1.29 is 19.2 Å². The van der Waals surface area contributed by atoms with Crippen molar-refractivity contribution in [3.63, 3.8) is 0 Å². The molecule has 30 heavy (non-hydrogen) atoms. The number of piperidine rings is 1. The number of aromatic nitrogens is 1. The number of hydrogen-bond donors (Lipinski definition) is 0. The third-order valence-electron chi connectivity index (χ3n) is 4.86. The maximum atomic E-state index is 12.7. The first kappa shape index (κ1) is 21.3. The molecular weight excluding hydrogens is 386 g/mol. The highest BCUT2D eigenvalue weighted by Gasteiger charge is 2.26. The van der Waals surface area contributed by atoms with Gasteiger partial charge in [0.15, 0.2) is 5.78 Å². The monoisotopic (exact) mass is 409 g/mol. The minimum absolute atomic E-state index is 0.113. The number of nitro benzene ring substituents is 1. The van der Waals surface area contributed by atoms with Gasteiger partial charge in [-0.1, -0.05) is 18.2 Å². The first-order chi connectivity index (χ1) is 14.4. The third-order valence-corrected chi connectivity index (χ3v) is 4.86. The number of non-ortho nitro benzene ring substituents is 1. The number of ether oxygens (including phenoxy) is 1. The van der Waals surface area contributed by atoms with Crippen molar-refractivity contribution in [3.05, 3.63) is 75.6 Å². The summed E-state index contributed by atoms with van der Waals surface area (Å²) in [6.45, 7) is 3.46. The predicted octanol–water partition coefficient (Wildman–Crippen LogP) is 3.17. The van der Waals surface area contributed by atoms with Gasteiger partial charge in [-0.15, -0.1) is 0 Å². The number of likely N-dealkylation sites (tertiary alicyclic amines) is 1. The maximum Gasteiger partial charge on any atom is 0.342 e. The molecule has 1 aliphatic rings. The summed E-state index contributed by atoms with van der Waals surface area (Å²) in [7, 11) is 0. The number of nitro groups is 1. The van der Waals surface area contributed by atoms with Crippen molar-refractivity contribution in [2.24, 2.45) is 0 Å². The van der Waals surface area contributed by atoms with Crippen molar-refractivity contribution in [3.8, 4) is 0 Å². The first-order valence-corrected chi connectivity index (χ1v) is 9.71. The van der Waals surface area contributed by atoms with Crippen LogP contribution in [0.5, 0.6) is 0 Å². The molecule has 1 atom stereocenters. The van der Waals surface area contributed by atoms with Gasteiger partial charge >= 0.3 is 5.97 Å². The summed E-state index contributed by atoms with van der Waals surface area (Å²) in [5.74, 6) is -1.16. The van der Waals surface area contributed by atoms with Gasteiger partial charge in [-0.2, -0.15) is 0 Å². The molecule has 8 nitrogen and oxygen atoms in total. The van der Waals surface area contributed by atoms with Crippen molar-refractivity contribution in [1.82, 2.24) is 9.88 Å². The van der Waals surface area contributed by atoms with E-state index in [0.717, 1.165) is 24.9 Å². The SMILES string of the molecule is CC(=O)/C(=C\c1cccc([N+](=O)[O-])c1)C(=O)OC1CCCN(Cc2cccnc2)C1. The highest BCUT2D eigenvalue weighted by atomic mass is 16.6. The molecule has 1 aliphatic heterocycles. The first-order valence-electron chi connectivity index (χ1n) is 9.71. The van der Waals surface area contributed by atoms with E-state index in [0.29, 0.717) is 18.7 Å². The van der Waals surface area contributed by atoms with Gasteiger partial charge in [0.25, 0.3) is 5.69 Å². The van der Waals surface area contributed by atoms with E-state index in [2.05, 4.69) is 9.88 Å². The quantitative estimate of drug-likeness (QED) is 0.173. The molecule has 0 amide bonds. The van der Waals surface area contributed by atoms with E-state index in [1.165, 1.54) is 31.2 Å². The van der Waals surface area contributed by atoms with Crippen LogP contribution in [0, 0.1) is 10.1 Å². The highest BCUT2D eigenvalue weighted by Crippen LogP contribution is 2.20. The number of Topliss-reactive ketones (excluding diaryl/α,β-unsaturated/α-hetero) is 1. The molecule has 0 spiro atoms. The molecule has 0 bridgehead atoms. The summed E-state index contributed by atoms with van der Waals surface area (Å²) in [6, 6.07) is 9.64. The van der Waals surface area contributed by atoms with Crippen LogP contribution in [0.1, 0.15) is 30.9 Å². The predicted molar refractivity (Wildman–Crippen MR) is 110 cm³/mol. The third kappa shape index (κ3) is 5.81. The molecule has 1 aromatic carbocycles. The van der Waals surface area contributed by atoms with E-state index in [1.54, 1.807) is 12.3 Å². The van der Waals surface area contributed by atoms with Crippen LogP contribution in [-0.2, 0) is 20.9 Å². The average Bonchev–Trinajstić information content (AvgIpc) is 2.73. The molecular formula is C22H23N3O5. The number of carbonyl (C=O) groups excluding carboxylic acids is 2. The van der Waals surface area contributed by atoms with Gasteiger partial charge < -0.3 is 4.74 Å². The van der Waals surface area contributed by atoms with Crippen LogP contribution in [0.25, 0.3) is 6.08 Å². The van der Waals surface area contributed by atoms with Crippen LogP contribution < -0.4 is 0 Å². The van der Waals surface area contributed by atoms with Gasteiger partial charge in [-0.3, -0.25) is 24.8 Å². The molecule has 0 radical (unpaired) electrons. The van der Waals surface area contributed by atoms with Gasteiger partial charge in [0.2, 0.25) is 0 Å². The molecule has 2 heterocycles. The van der Waals surface area contributed by atoms with E-state index in [-0.39, 0.29) is 17.4 Å². The molecule has 1 aromatic heterocycles. The molecule has 156 valence electrons. The summed E-state index contributed by atoms with van der Waals surface area (Å²) in [6.07, 6.45) is 6.15. The lowest BCUT2D eigenvalue weighted by atomic mass is 10.1. The van der Waals surface area contributed by atoms with E-state index in [1.807, 2.05) is 18.3 Å². The lowest BCUT2D eigenvalue weighted by molar-refractivity contribution is -0.384. The van der Waals surface area contributed by atoms with E-state index in [9.17, 15) is 19.7 Å². The fourth-order valence-electron chi connectivity index (χ4n) is 3.42. The lowest BCUT2D eigenvalue weighted by Crippen LogP contribution is -2.40. The number of nitrogens with zero attached hydrogens (tertiary/aromatic N) is 3. The van der Waals surface area contributed by atoms with E-state index < -0.39 is 16.7 Å². The second-order valence-corrected chi connectivity index (χ2v) is 7.23.